The zero-order valence-corrected chi connectivity index (χ0v) is 15.5. The Kier molecular flexibility index (Phi) is 4.92. The van der Waals surface area contributed by atoms with E-state index in [1.165, 1.54) is 25.7 Å². The number of para-hydroxylation sites is 1. The first kappa shape index (κ1) is 17.7. The molecule has 0 saturated heterocycles. The van der Waals surface area contributed by atoms with Crippen LogP contribution in [0.5, 0.6) is 0 Å². The molecule has 0 aliphatic heterocycles. The Bertz CT molecular complexity index is 841. The maximum Gasteiger partial charge on any atom is 0.306 e. The van der Waals surface area contributed by atoms with Crippen LogP contribution in [0.15, 0.2) is 24.3 Å². The smallest absolute Gasteiger partial charge is 0.306 e. The monoisotopic (exact) mass is 367 g/mol. The molecule has 2 aliphatic rings. The number of nitrogen functional groups attached to an aromatic ring is 1. The molecule has 0 unspecified atom stereocenters. The summed E-state index contributed by atoms with van der Waals surface area (Å²) in [4.78, 5) is 24.7. The molecule has 2 bridgehead atoms. The molecular formula is C20H25N5O2. The number of ether oxygens (including phenoxy) is 1. The summed E-state index contributed by atoms with van der Waals surface area (Å²) in [7, 11) is 0. The van der Waals surface area contributed by atoms with E-state index in [0.717, 1.165) is 17.2 Å². The summed E-state index contributed by atoms with van der Waals surface area (Å²) in [6.45, 7) is 2.00. The minimum absolute atomic E-state index is 0.00875. The minimum Gasteiger partial charge on any atom is -0.457 e. The van der Waals surface area contributed by atoms with Gasteiger partial charge in [-0.25, -0.2) is 0 Å². The summed E-state index contributed by atoms with van der Waals surface area (Å²) in [5.41, 5.74) is 7.74. The predicted molar refractivity (Wildman–Crippen MR) is 102 cm³/mol. The average molecular weight is 367 g/mol. The first-order valence-corrected chi connectivity index (χ1v) is 9.55. The van der Waals surface area contributed by atoms with Gasteiger partial charge in [-0.2, -0.15) is 15.0 Å². The number of anilines is 3. The van der Waals surface area contributed by atoms with E-state index in [-0.39, 0.29) is 18.5 Å². The van der Waals surface area contributed by atoms with Crippen molar-refractivity contribution in [3.8, 4) is 0 Å². The van der Waals surface area contributed by atoms with Crippen LogP contribution in [0.2, 0.25) is 0 Å². The van der Waals surface area contributed by atoms with Crippen molar-refractivity contribution in [2.75, 3.05) is 11.1 Å². The molecule has 2 saturated carbocycles. The second kappa shape index (κ2) is 7.50. The zero-order valence-electron chi connectivity index (χ0n) is 15.5. The van der Waals surface area contributed by atoms with Crippen molar-refractivity contribution in [2.24, 2.45) is 17.8 Å². The fraction of sp³-hybridized carbons (Fsp3) is 0.500. The van der Waals surface area contributed by atoms with Crippen LogP contribution in [0.25, 0.3) is 0 Å². The lowest BCUT2D eigenvalue weighted by atomic mass is 9.86. The second-order valence-corrected chi connectivity index (χ2v) is 7.67. The number of hydrogen-bond acceptors (Lipinski definition) is 7. The van der Waals surface area contributed by atoms with Gasteiger partial charge >= 0.3 is 5.97 Å². The Morgan fingerprint density at radius 3 is 2.81 bits per heavy atom. The van der Waals surface area contributed by atoms with E-state index in [0.29, 0.717) is 30.0 Å². The van der Waals surface area contributed by atoms with Crippen molar-refractivity contribution >= 4 is 23.6 Å². The van der Waals surface area contributed by atoms with Crippen LogP contribution in [-0.2, 0) is 16.1 Å². The lowest BCUT2D eigenvalue weighted by molar-refractivity contribution is -0.146. The number of aryl methyl sites for hydroxylation is 1. The fourth-order valence-electron chi connectivity index (χ4n) is 4.44. The molecule has 1 heterocycles. The van der Waals surface area contributed by atoms with E-state index in [1.807, 2.05) is 31.2 Å². The van der Waals surface area contributed by atoms with Crippen LogP contribution in [0.4, 0.5) is 17.6 Å². The predicted octanol–water partition coefficient (Wildman–Crippen LogP) is 3.38. The van der Waals surface area contributed by atoms with Gasteiger partial charge in [0.2, 0.25) is 11.9 Å². The topological polar surface area (TPSA) is 103 Å². The van der Waals surface area contributed by atoms with E-state index in [2.05, 4.69) is 20.3 Å². The number of hydrogen-bond donors (Lipinski definition) is 2. The Morgan fingerprint density at radius 2 is 2.07 bits per heavy atom. The molecule has 7 nitrogen and oxygen atoms in total. The molecule has 2 fully saturated rings. The van der Waals surface area contributed by atoms with Crippen molar-refractivity contribution in [3.63, 3.8) is 0 Å². The number of carbonyl (C=O) groups excluding carboxylic acids is 1. The molecule has 3 N–H and O–H groups in total. The average Bonchev–Trinajstić information content (AvgIpc) is 3.25. The summed E-state index contributed by atoms with van der Waals surface area (Å²) in [5.74, 6) is 2.63. The fourth-order valence-corrected chi connectivity index (χ4v) is 4.44. The summed E-state index contributed by atoms with van der Waals surface area (Å²) < 4.78 is 5.41. The van der Waals surface area contributed by atoms with Gasteiger partial charge in [0.05, 0.1) is 0 Å². The first-order chi connectivity index (χ1) is 13.1. The molecule has 0 radical (unpaired) electrons. The van der Waals surface area contributed by atoms with E-state index < -0.39 is 0 Å². The van der Waals surface area contributed by atoms with E-state index in [4.69, 9.17) is 10.5 Å². The minimum atomic E-state index is -0.181. The summed E-state index contributed by atoms with van der Waals surface area (Å²) >= 11 is 0. The SMILES string of the molecule is Cc1ccccc1Nc1nc(N)nc(COC(=O)C[C@@H]2C[C@H]3CC[C@@H]2C3)n1. The number of carbonyl (C=O) groups is 1. The molecule has 4 rings (SSSR count). The van der Waals surface area contributed by atoms with Crippen LogP contribution in [0, 0.1) is 24.7 Å². The third kappa shape index (κ3) is 4.18. The molecule has 27 heavy (non-hydrogen) atoms. The summed E-state index contributed by atoms with van der Waals surface area (Å²) in [6, 6.07) is 7.82. The van der Waals surface area contributed by atoms with E-state index >= 15 is 0 Å². The number of esters is 1. The zero-order chi connectivity index (χ0) is 18.8. The molecule has 2 aliphatic carbocycles. The molecule has 7 heteroatoms. The molecule has 3 atom stereocenters. The van der Waals surface area contributed by atoms with Gasteiger partial charge in [0, 0.05) is 12.1 Å². The third-order valence-electron chi connectivity index (χ3n) is 5.77. The lowest BCUT2D eigenvalue weighted by Crippen LogP contribution is -2.17. The Morgan fingerprint density at radius 1 is 1.22 bits per heavy atom. The largest absolute Gasteiger partial charge is 0.457 e. The molecule has 142 valence electrons. The van der Waals surface area contributed by atoms with Crippen molar-refractivity contribution < 1.29 is 9.53 Å². The molecular weight excluding hydrogens is 342 g/mol. The van der Waals surface area contributed by atoms with Crippen LogP contribution in [0.3, 0.4) is 0 Å². The molecule has 1 aromatic carbocycles. The van der Waals surface area contributed by atoms with Crippen LogP contribution >= 0.6 is 0 Å². The quantitative estimate of drug-likeness (QED) is 0.754. The number of aromatic nitrogens is 3. The maximum atomic E-state index is 12.2. The maximum absolute atomic E-state index is 12.2. The Hall–Kier alpha value is -2.70. The van der Waals surface area contributed by atoms with Crippen molar-refractivity contribution in [1.29, 1.82) is 0 Å². The number of nitrogens with two attached hydrogens (primary N) is 1. The Balaban J connectivity index is 1.35. The highest BCUT2D eigenvalue weighted by Crippen LogP contribution is 2.49. The van der Waals surface area contributed by atoms with Crippen LogP contribution in [0.1, 0.15) is 43.5 Å². The number of rotatable bonds is 6. The highest BCUT2D eigenvalue weighted by atomic mass is 16.5. The highest BCUT2D eigenvalue weighted by molar-refractivity contribution is 5.69. The van der Waals surface area contributed by atoms with E-state index in [9.17, 15) is 4.79 Å². The first-order valence-electron chi connectivity index (χ1n) is 9.55. The van der Waals surface area contributed by atoms with Gasteiger partial charge in [0.15, 0.2) is 12.4 Å². The van der Waals surface area contributed by atoms with Gasteiger partial charge in [-0.05, 0) is 55.6 Å². The van der Waals surface area contributed by atoms with Gasteiger partial charge in [-0.15, -0.1) is 0 Å². The second-order valence-electron chi connectivity index (χ2n) is 7.67. The summed E-state index contributed by atoms with van der Waals surface area (Å²) in [6.07, 6.45) is 5.55. The molecule has 2 aromatic rings. The van der Waals surface area contributed by atoms with Crippen molar-refractivity contribution in [1.82, 2.24) is 15.0 Å². The number of fused-ring (bicyclic) bond motifs is 2. The molecule has 0 spiro atoms. The third-order valence-corrected chi connectivity index (χ3v) is 5.77. The molecule has 1 aromatic heterocycles. The highest BCUT2D eigenvalue weighted by Gasteiger charge is 2.40. The standard InChI is InChI=1S/C20H25N5O2/c1-12-4-2-3-5-16(12)22-20-24-17(23-19(21)25-20)11-27-18(26)10-15-9-13-6-7-14(15)8-13/h2-5,13-15H,6-11H2,1H3,(H3,21,22,23,24,25)/t13-,14+,15-/m0/s1. The van der Waals surface area contributed by atoms with Gasteiger partial charge in [0.25, 0.3) is 0 Å². The van der Waals surface area contributed by atoms with Gasteiger partial charge < -0.3 is 15.8 Å². The Labute approximate surface area is 158 Å². The summed E-state index contributed by atoms with van der Waals surface area (Å²) in [5, 5.41) is 3.14. The molecule has 0 amide bonds. The number of nitrogens with one attached hydrogen (secondary N) is 1. The number of nitrogens with zero attached hydrogens (tertiary/aromatic N) is 3. The number of benzene rings is 1. The van der Waals surface area contributed by atoms with Crippen LogP contribution < -0.4 is 11.1 Å². The van der Waals surface area contributed by atoms with Gasteiger partial charge in [-0.1, -0.05) is 24.6 Å². The van der Waals surface area contributed by atoms with Crippen molar-refractivity contribution in [2.45, 2.75) is 45.6 Å². The lowest BCUT2D eigenvalue weighted by Gasteiger charge is -2.20. The van der Waals surface area contributed by atoms with Crippen LogP contribution in [-0.4, -0.2) is 20.9 Å². The normalized spacial score (nSPS) is 23.4. The van der Waals surface area contributed by atoms with E-state index in [1.54, 1.807) is 0 Å². The van der Waals surface area contributed by atoms with Gasteiger partial charge in [0.1, 0.15) is 0 Å². The van der Waals surface area contributed by atoms with Gasteiger partial charge in [-0.3, -0.25) is 4.79 Å². The van der Waals surface area contributed by atoms with Crippen molar-refractivity contribution in [3.05, 3.63) is 35.7 Å².